The van der Waals surface area contributed by atoms with E-state index >= 15 is 0 Å². The van der Waals surface area contributed by atoms with Gasteiger partial charge in [0.25, 0.3) is 0 Å². The van der Waals surface area contributed by atoms with Gasteiger partial charge in [-0.3, -0.25) is 4.79 Å². The summed E-state index contributed by atoms with van der Waals surface area (Å²) >= 11 is 1.61. The fourth-order valence-electron chi connectivity index (χ4n) is 1.91. The van der Waals surface area contributed by atoms with Crippen LogP contribution in [0.4, 0.5) is 5.69 Å². The molecule has 0 unspecified atom stereocenters. The van der Waals surface area contributed by atoms with Crippen LogP contribution in [0.25, 0.3) is 0 Å². The number of carbonyl (C=O) groups is 2. The summed E-state index contributed by atoms with van der Waals surface area (Å²) < 4.78 is 4.70. The molecule has 0 aliphatic carbocycles. The molecule has 0 heterocycles. The average molecular weight is 329 g/mol. The monoisotopic (exact) mass is 329 g/mol. The minimum atomic E-state index is -0.870. The molecule has 0 saturated carbocycles. The predicted octanol–water partition coefficient (Wildman–Crippen LogP) is 3.79. The first-order valence-corrected chi connectivity index (χ1v) is 8.34. The van der Waals surface area contributed by atoms with E-state index in [1.807, 2.05) is 18.2 Å². The van der Waals surface area contributed by atoms with Crippen molar-refractivity contribution in [1.29, 1.82) is 0 Å². The molecule has 1 N–H and O–H groups in total. The molecule has 1 amide bonds. The van der Waals surface area contributed by atoms with Crippen LogP contribution in [0.3, 0.4) is 0 Å². The third-order valence-corrected chi connectivity index (χ3v) is 4.26. The van der Waals surface area contributed by atoms with E-state index in [-0.39, 0.29) is 6.61 Å². The highest BCUT2D eigenvalue weighted by Gasteiger charge is 2.16. The molecule has 2 rings (SSSR count). The van der Waals surface area contributed by atoms with Crippen molar-refractivity contribution in [3.8, 4) is 0 Å². The highest BCUT2D eigenvalue weighted by molar-refractivity contribution is 7.98. The number of benzene rings is 2. The molecule has 0 radical (unpaired) electrons. The molecule has 0 fully saturated rings. The van der Waals surface area contributed by atoms with Crippen LogP contribution >= 0.6 is 11.8 Å². The van der Waals surface area contributed by atoms with E-state index in [9.17, 15) is 9.59 Å². The van der Waals surface area contributed by atoms with Gasteiger partial charge in [-0.2, -0.15) is 0 Å². The van der Waals surface area contributed by atoms with Crippen LogP contribution in [0.15, 0.2) is 53.4 Å². The number of ether oxygens (including phenoxy) is 1. The normalized spacial score (nSPS) is 10.2. The maximum atomic E-state index is 11.8. The van der Waals surface area contributed by atoms with E-state index in [4.69, 9.17) is 4.74 Å². The van der Waals surface area contributed by atoms with Crippen molar-refractivity contribution in [1.82, 2.24) is 0 Å². The second-order valence-electron chi connectivity index (χ2n) is 4.95. The van der Waals surface area contributed by atoms with Gasteiger partial charge in [-0.15, -0.1) is 11.8 Å². The fraction of sp³-hybridized carbons (Fsp3) is 0.222. The largest absolute Gasteiger partial charge is 0.459 e. The lowest BCUT2D eigenvalue weighted by atomic mass is 10.2. The number of aryl methyl sites for hydroxylation is 1. The zero-order valence-electron chi connectivity index (χ0n) is 13.2. The number of esters is 1. The number of para-hydroxylation sites is 1. The summed E-state index contributed by atoms with van der Waals surface area (Å²) in [5.74, 6) is -0.840. The van der Waals surface area contributed by atoms with Gasteiger partial charge >= 0.3 is 11.9 Å². The van der Waals surface area contributed by atoms with Crippen molar-refractivity contribution in [2.45, 2.75) is 24.5 Å². The number of amides is 1. The maximum Gasteiger partial charge on any atom is 0.397 e. The SMILES string of the molecule is CCOC(=O)C(=O)Nc1ccccc1SCc1ccc(C)cc1. The van der Waals surface area contributed by atoms with E-state index < -0.39 is 11.9 Å². The highest BCUT2D eigenvalue weighted by atomic mass is 32.2. The molecule has 0 saturated heterocycles. The van der Waals surface area contributed by atoms with Crippen molar-refractivity contribution in [3.05, 3.63) is 59.7 Å². The molecule has 4 nitrogen and oxygen atoms in total. The zero-order valence-corrected chi connectivity index (χ0v) is 14.0. The second kappa shape index (κ2) is 8.39. The Balaban J connectivity index is 2.03. The zero-order chi connectivity index (χ0) is 16.7. The Morgan fingerprint density at radius 3 is 2.48 bits per heavy atom. The second-order valence-corrected chi connectivity index (χ2v) is 5.96. The van der Waals surface area contributed by atoms with Gasteiger partial charge in [-0.25, -0.2) is 4.79 Å². The molecule has 2 aromatic rings. The molecule has 5 heteroatoms. The predicted molar refractivity (Wildman–Crippen MR) is 92.4 cm³/mol. The smallest absolute Gasteiger partial charge is 0.397 e. The summed E-state index contributed by atoms with van der Waals surface area (Å²) in [4.78, 5) is 24.1. The Hall–Kier alpha value is -2.27. The summed E-state index contributed by atoms with van der Waals surface area (Å²) in [5.41, 5.74) is 3.04. The Morgan fingerprint density at radius 1 is 1.09 bits per heavy atom. The van der Waals surface area contributed by atoms with Gasteiger partial charge < -0.3 is 10.1 Å². The number of hydrogen-bond acceptors (Lipinski definition) is 4. The minimum absolute atomic E-state index is 0.177. The van der Waals surface area contributed by atoms with Crippen molar-refractivity contribution < 1.29 is 14.3 Å². The van der Waals surface area contributed by atoms with Crippen LogP contribution < -0.4 is 5.32 Å². The number of nitrogens with one attached hydrogen (secondary N) is 1. The van der Waals surface area contributed by atoms with Gasteiger partial charge in [0, 0.05) is 10.6 Å². The van der Waals surface area contributed by atoms with Gasteiger partial charge in [0.15, 0.2) is 0 Å². The average Bonchev–Trinajstić information content (AvgIpc) is 2.55. The van der Waals surface area contributed by atoms with Gasteiger partial charge in [0.1, 0.15) is 0 Å². The van der Waals surface area contributed by atoms with E-state index in [1.54, 1.807) is 24.8 Å². The van der Waals surface area contributed by atoms with Crippen LogP contribution in [-0.4, -0.2) is 18.5 Å². The number of carbonyl (C=O) groups excluding carboxylic acids is 2. The van der Waals surface area contributed by atoms with Gasteiger partial charge in [-0.1, -0.05) is 42.0 Å². The van der Waals surface area contributed by atoms with E-state index in [0.717, 1.165) is 10.6 Å². The van der Waals surface area contributed by atoms with E-state index in [2.05, 4.69) is 36.5 Å². The molecule has 0 spiro atoms. The standard InChI is InChI=1S/C18H19NO3S/c1-3-22-18(21)17(20)19-15-6-4-5-7-16(15)23-12-14-10-8-13(2)9-11-14/h4-11H,3,12H2,1-2H3,(H,19,20). The van der Waals surface area contributed by atoms with Crippen molar-refractivity contribution in [3.63, 3.8) is 0 Å². The quantitative estimate of drug-likeness (QED) is 0.515. The topological polar surface area (TPSA) is 55.4 Å². The van der Waals surface area contributed by atoms with Crippen LogP contribution in [0.5, 0.6) is 0 Å². The molecular formula is C18H19NO3S. The van der Waals surface area contributed by atoms with Crippen LogP contribution in [0, 0.1) is 6.92 Å². The minimum Gasteiger partial charge on any atom is -0.459 e. The number of hydrogen-bond donors (Lipinski definition) is 1. The summed E-state index contributed by atoms with van der Waals surface area (Å²) in [6.07, 6.45) is 0. The molecule has 23 heavy (non-hydrogen) atoms. The number of anilines is 1. The third-order valence-electron chi connectivity index (χ3n) is 3.11. The molecule has 0 aromatic heterocycles. The summed E-state index contributed by atoms with van der Waals surface area (Å²) in [5, 5.41) is 2.61. The molecule has 0 bridgehead atoms. The molecule has 120 valence electrons. The van der Waals surface area contributed by atoms with Crippen molar-refractivity contribution >= 4 is 29.3 Å². The van der Waals surface area contributed by atoms with Crippen molar-refractivity contribution in [2.75, 3.05) is 11.9 Å². The Kier molecular flexibility index (Phi) is 6.23. The Labute approximate surface area is 140 Å². The van der Waals surface area contributed by atoms with Crippen molar-refractivity contribution in [2.24, 2.45) is 0 Å². The van der Waals surface area contributed by atoms with Crippen LogP contribution in [0.2, 0.25) is 0 Å². The molecular weight excluding hydrogens is 310 g/mol. The molecule has 0 aliphatic rings. The van der Waals surface area contributed by atoms with E-state index in [1.165, 1.54) is 11.1 Å². The summed E-state index contributed by atoms with van der Waals surface area (Å²) in [6, 6.07) is 15.7. The number of thioether (sulfide) groups is 1. The first-order chi connectivity index (χ1) is 11.1. The maximum absolute atomic E-state index is 11.8. The molecule has 0 atom stereocenters. The number of rotatable bonds is 5. The summed E-state index contributed by atoms with van der Waals surface area (Å²) in [7, 11) is 0. The van der Waals surface area contributed by atoms with Crippen LogP contribution in [-0.2, 0) is 20.1 Å². The van der Waals surface area contributed by atoms with Gasteiger partial charge in [-0.05, 0) is 31.5 Å². The first kappa shape index (κ1) is 17.1. The van der Waals surface area contributed by atoms with Gasteiger partial charge in [0.2, 0.25) is 0 Å². The molecule has 2 aromatic carbocycles. The lowest BCUT2D eigenvalue weighted by molar-refractivity contribution is -0.152. The van der Waals surface area contributed by atoms with Gasteiger partial charge in [0.05, 0.1) is 12.3 Å². The Morgan fingerprint density at radius 2 is 1.78 bits per heavy atom. The fourth-order valence-corrected chi connectivity index (χ4v) is 2.88. The lowest BCUT2D eigenvalue weighted by Crippen LogP contribution is -2.25. The van der Waals surface area contributed by atoms with E-state index in [0.29, 0.717) is 5.69 Å². The third kappa shape index (κ3) is 5.14. The summed E-state index contributed by atoms with van der Waals surface area (Å²) in [6.45, 7) is 3.89. The first-order valence-electron chi connectivity index (χ1n) is 7.35. The lowest BCUT2D eigenvalue weighted by Gasteiger charge is -2.10. The highest BCUT2D eigenvalue weighted by Crippen LogP contribution is 2.29. The Bertz CT molecular complexity index is 683. The molecule has 0 aliphatic heterocycles. The van der Waals surface area contributed by atoms with Crippen LogP contribution in [0.1, 0.15) is 18.1 Å².